The van der Waals surface area contributed by atoms with E-state index >= 15 is 0 Å². The molecule has 0 saturated carbocycles. The van der Waals surface area contributed by atoms with Crippen molar-refractivity contribution >= 4 is 11.8 Å². The number of rotatable bonds is 11. The van der Waals surface area contributed by atoms with Crippen LogP contribution in [-0.2, 0) is 19.3 Å². The third-order valence-electron chi connectivity index (χ3n) is 5.75. The standard InChI is InChI=1S/C23H33N3OS/c24-15-22(3-1-2-11-27)21-7-6-19-13-18(4-5-20(19)14-21)17-28-12-8-23-16-25-9-10-26-23/h6-7,9-10,14,16,18,22,27H,1-5,8,11-13,15,17,24H2/t18-,22+/m1/s1. The molecule has 0 spiro atoms. The third kappa shape index (κ3) is 6.29. The quantitative estimate of drug-likeness (QED) is 0.563. The zero-order valence-corrected chi connectivity index (χ0v) is 17.5. The van der Waals surface area contributed by atoms with Gasteiger partial charge in [-0.15, -0.1) is 0 Å². The summed E-state index contributed by atoms with van der Waals surface area (Å²) in [5.74, 6) is 3.55. The van der Waals surface area contributed by atoms with Gasteiger partial charge in [0.15, 0.2) is 0 Å². The Balaban J connectivity index is 1.47. The predicted octanol–water partition coefficient (Wildman–Crippen LogP) is 3.76. The molecule has 0 aliphatic heterocycles. The van der Waals surface area contributed by atoms with Crippen molar-refractivity contribution in [1.29, 1.82) is 0 Å². The highest BCUT2D eigenvalue weighted by molar-refractivity contribution is 7.99. The number of thioether (sulfide) groups is 1. The lowest BCUT2D eigenvalue weighted by Gasteiger charge is -2.26. The molecular formula is C23H33N3OS. The maximum absolute atomic E-state index is 9.00. The highest BCUT2D eigenvalue weighted by Crippen LogP contribution is 2.31. The number of hydrogen-bond donors (Lipinski definition) is 2. The SMILES string of the molecule is NC[C@H](CCCCO)c1ccc2c(c1)CC[C@@H](CSCCc1cnccn1)C2. The van der Waals surface area contributed by atoms with Gasteiger partial charge in [0.1, 0.15) is 0 Å². The van der Waals surface area contributed by atoms with Crippen LogP contribution < -0.4 is 5.73 Å². The molecule has 1 aromatic heterocycles. The molecule has 0 unspecified atom stereocenters. The lowest BCUT2D eigenvalue weighted by molar-refractivity contribution is 0.281. The molecule has 3 rings (SSSR count). The summed E-state index contributed by atoms with van der Waals surface area (Å²) in [7, 11) is 0. The summed E-state index contributed by atoms with van der Waals surface area (Å²) in [5, 5.41) is 9.00. The number of benzene rings is 1. The molecule has 0 amide bonds. The highest BCUT2D eigenvalue weighted by Gasteiger charge is 2.20. The second kappa shape index (κ2) is 11.5. The Morgan fingerprint density at radius 3 is 2.93 bits per heavy atom. The molecule has 2 atom stereocenters. The minimum Gasteiger partial charge on any atom is -0.396 e. The summed E-state index contributed by atoms with van der Waals surface area (Å²) < 4.78 is 0. The van der Waals surface area contributed by atoms with Crippen LogP contribution in [0.3, 0.4) is 0 Å². The van der Waals surface area contributed by atoms with E-state index in [-0.39, 0.29) is 6.61 Å². The molecule has 152 valence electrons. The van der Waals surface area contributed by atoms with E-state index in [1.54, 1.807) is 12.4 Å². The van der Waals surface area contributed by atoms with Gasteiger partial charge in [-0.1, -0.05) is 24.6 Å². The fourth-order valence-corrected chi connectivity index (χ4v) is 5.19. The number of unbranched alkanes of at least 4 members (excludes halogenated alkanes) is 1. The molecule has 4 nitrogen and oxygen atoms in total. The molecule has 3 N–H and O–H groups in total. The lowest BCUT2D eigenvalue weighted by Crippen LogP contribution is -2.18. The summed E-state index contributed by atoms with van der Waals surface area (Å²) in [6.45, 7) is 0.967. The fraction of sp³-hybridized carbons (Fsp3) is 0.565. The molecule has 0 fully saturated rings. The van der Waals surface area contributed by atoms with Gasteiger partial charge in [-0.25, -0.2) is 0 Å². The molecule has 5 heteroatoms. The first kappa shape index (κ1) is 21.3. The van der Waals surface area contributed by atoms with Crippen molar-refractivity contribution in [3.63, 3.8) is 0 Å². The number of aryl methyl sites for hydroxylation is 2. The van der Waals surface area contributed by atoms with Crippen molar-refractivity contribution in [1.82, 2.24) is 9.97 Å². The number of aromatic nitrogens is 2. The zero-order chi connectivity index (χ0) is 19.6. The second-order valence-electron chi connectivity index (χ2n) is 7.81. The summed E-state index contributed by atoms with van der Waals surface area (Å²) in [6, 6.07) is 7.04. The normalized spacial score (nSPS) is 17.3. The van der Waals surface area contributed by atoms with Gasteiger partial charge in [-0.3, -0.25) is 9.97 Å². The number of aliphatic hydroxyl groups is 1. The average Bonchev–Trinajstić information content (AvgIpc) is 2.75. The molecule has 1 aromatic carbocycles. The van der Waals surface area contributed by atoms with Crippen molar-refractivity contribution in [3.8, 4) is 0 Å². The van der Waals surface area contributed by atoms with Crippen molar-refractivity contribution < 1.29 is 5.11 Å². The second-order valence-corrected chi connectivity index (χ2v) is 8.96. The lowest BCUT2D eigenvalue weighted by atomic mass is 9.82. The van der Waals surface area contributed by atoms with Crippen LogP contribution in [0.5, 0.6) is 0 Å². The molecule has 2 aromatic rings. The van der Waals surface area contributed by atoms with Crippen LogP contribution in [0.1, 0.15) is 54.0 Å². The van der Waals surface area contributed by atoms with Gasteiger partial charge in [-0.05, 0) is 78.7 Å². The van der Waals surface area contributed by atoms with Crippen LogP contribution in [0.2, 0.25) is 0 Å². The Morgan fingerprint density at radius 2 is 2.14 bits per heavy atom. The Morgan fingerprint density at radius 1 is 1.21 bits per heavy atom. The summed E-state index contributed by atoms with van der Waals surface area (Å²) >= 11 is 2.05. The highest BCUT2D eigenvalue weighted by atomic mass is 32.2. The van der Waals surface area contributed by atoms with Crippen molar-refractivity contribution in [3.05, 3.63) is 59.2 Å². The van der Waals surface area contributed by atoms with Crippen molar-refractivity contribution in [2.45, 2.75) is 50.9 Å². The zero-order valence-electron chi connectivity index (χ0n) is 16.7. The summed E-state index contributed by atoms with van der Waals surface area (Å²) in [6.07, 6.45) is 13.0. The number of aliphatic hydroxyl groups excluding tert-OH is 1. The van der Waals surface area contributed by atoms with Crippen LogP contribution in [0, 0.1) is 5.92 Å². The number of nitrogens with two attached hydrogens (primary N) is 1. The fourth-order valence-electron chi connectivity index (χ4n) is 4.06. The van der Waals surface area contributed by atoms with Crippen LogP contribution in [0.25, 0.3) is 0 Å². The van der Waals surface area contributed by atoms with E-state index in [0.29, 0.717) is 12.5 Å². The molecular weight excluding hydrogens is 366 g/mol. The van der Waals surface area contributed by atoms with Gasteiger partial charge in [0, 0.05) is 31.6 Å². The topological polar surface area (TPSA) is 72.0 Å². The van der Waals surface area contributed by atoms with Crippen LogP contribution in [-0.4, -0.2) is 39.7 Å². The van der Waals surface area contributed by atoms with Crippen molar-refractivity contribution in [2.75, 3.05) is 24.7 Å². The third-order valence-corrected chi connectivity index (χ3v) is 6.95. The van der Waals surface area contributed by atoms with Gasteiger partial charge >= 0.3 is 0 Å². The van der Waals surface area contributed by atoms with E-state index in [2.05, 4.69) is 28.2 Å². The van der Waals surface area contributed by atoms with Gasteiger partial charge in [0.05, 0.1) is 5.69 Å². The van der Waals surface area contributed by atoms with Gasteiger partial charge < -0.3 is 10.8 Å². The smallest absolute Gasteiger partial charge is 0.0594 e. The van der Waals surface area contributed by atoms with Crippen LogP contribution in [0.15, 0.2) is 36.8 Å². The maximum atomic E-state index is 9.00. The number of fused-ring (bicyclic) bond motifs is 1. The van der Waals surface area contributed by atoms with E-state index in [1.165, 1.54) is 41.7 Å². The van der Waals surface area contributed by atoms with E-state index in [0.717, 1.165) is 43.0 Å². The first-order valence-corrected chi connectivity index (χ1v) is 11.7. The molecule has 28 heavy (non-hydrogen) atoms. The Bertz CT molecular complexity index is 710. The van der Waals surface area contributed by atoms with E-state index < -0.39 is 0 Å². The first-order valence-electron chi connectivity index (χ1n) is 10.6. The van der Waals surface area contributed by atoms with Crippen LogP contribution >= 0.6 is 11.8 Å². The Labute approximate surface area is 173 Å². The van der Waals surface area contributed by atoms with Gasteiger partial charge in [0.25, 0.3) is 0 Å². The number of hydrogen-bond acceptors (Lipinski definition) is 5. The monoisotopic (exact) mass is 399 g/mol. The molecule has 0 radical (unpaired) electrons. The minimum atomic E-state index is 0.277. The molecule has 1 aliphatic rings. The maximum Gasteiger partial charge on any atom is 0.0594 e. The Hall–Kier alpha value is -1.43. The van der Waals surface area contributed by atoms with E-state index in [1.807, 2.05) is 18.0 Å². The molecule has 0 bridgehead atoms. The average molecular weight is 400 g/mol. The predicted molar refractivity (Wildman–Crippen MR) is 118 cm³/mol. The molecule has 1 aliphatic carbocycles. The summed E-state index contributed by atoms with van der Waals surface area (Å²) in [4.78, 5) is 8.48. The first-order chi connectivity index (χ1) is 13.8. The van der Waals surface area contributed by atoms with Gasteiger partial charge in [-0.2, -0.15) is 11.8 Å². The van der Waals surface area contributed by atoms with Gasteiger partial charge in [0.2, 0.25) is 0 Å². The van der Waals surface area contributed by atoms with Crippen LogP contribution in [0.4, 0.5) is 0 Å². The van der Waals surface area contributed by atoms with E-state index in [9.17, 15) is 0 Å². The Kier molecular flexibility index (Phi) is 8.77. The largest absolute Gasteiger partial charge is 0.396 e. The van der Waals surface area contributed by atoms with Crippen molar-refractivity contribution in [2.24, 2.45) is 11.7 Å². The number of nitrogens with zero attached hydrogens (tertiary/aromatic N) is 2. The molecule has 0 saturated heterocycles. The molecule has 1 heterocycles. The summed E-state index contributed by atoms with van der Waals surface area (Å²) in [5.41, 5.74) is 11.5. The minimum absolute atomic E-state index is 0.277. The van der Waals surface area contributed by atoms with E-state index in [4.69, 9.17) is 10.8 Å².